The lowest BCUT2D eigenvalue weighted by Gasteiger charge is -2.28. The molecule has 0 aliphatic carbocycles. The maximum absolute atomic E-state index is 12.7. The van der Waals surface area contributed by atoms with Gasteiger partial charge in [0.1, 0.15) is 5.75 Å². The van der Waals surface area contributed by atoms with E-state index in [0.29, 0.717) is 23.9 Å². The Bertz CT molecular complexity index is 1180. The van der Waals surface area contributed by atoms with Crippen LogP contribution in [0.3, 0.4) is 0 Å². The summed E-state index contributed by atoms with van der Waals surface area (Å²) in [6.45, 7) is 10.1. The summed E-state index contributed by atoms with van der Waals surface area (Å²) in [4.78, 5) is 19.0. The van der Waals surface area contributed by atoms with Crippen LogP contribution in [0.1, 0.15) is 116 Å². The number of benzene rings is 2. The van der Waals surface area contributed by atoms with Crippen LogP contribution in [0.5, 0.6) is 5.75 Å². The van der Waals surface area contributed by atoms with Crippen LogP contribution in [0.15, 0.2) is 59.1 Å². The van der Waals surface area contributed by atoms with E-state index >= 15 is 0 Å². The average molecular weight is 674 g/mol. The zero-order valence-electron chi connectivity index (χ0n) is 27.0. The lowest BCUT2D eigenvalue weighted by atomic mass is 9.81. The minimum absolute atomic E-state index is 0. The fraction of sp³-hybridized carbons (Fsp3) is 0.568. The summed E-state index contributed by atoms with van der Waals surface area (Å²) in [6.07, 6.45) is 21.0. The van der Waals surface area contributed by atoms with E-state index in [1.165, 1.54) is 81.8 Å². The SMILES string of the molecule is Br.CCCCCCCCCCCCCCOc1ccc(CN(C(C)=O)c2cccc(CC3(C)C=C(C)C=NC3)c2)cc1Cl. The first kappa shape index (κ1) is 37.1. The number of anilines is 1. The van der Waals surface area contributed by atoms with E-state index in [1.807, 2.05) is 41.4 Å². The molecule has 4 nitrogen and oxygen atoms in total. The third-order valence-electron chi connectivity index (χ3n) is 8.13. The van der Waals surface area contributed by atoms with Gasteiger partial charge in [-0.2, -0.15) is 0 Å². The van der Waals surface area contributed by atoms with Crippen molar-refractivity contribution in [3.8, 4) is 5.75 Å². The Morgan fingerprint density at radius 2 is 1.58 bits per heavy atom. The number of nitrogens with zero attached hydrogens (tertiary/aromatic N) is 2. The Hall–Kier alpha value is -2.11. The van der Waals surface area contributed by atoms with Gasteiger partial charge in [-0.1, -0.05) is 120 Å². The number of hydrogen-bond acceptors (Lipinski definition) is 3. The highest BCUT2D eigenvalue weighted by Crippen LogP contribution is 2.31. The van der Waals surface area contributed by atoms with Crippen LogP contribution in [-0.4, -0.2) is 25.3 Å². The fourth-order valence-electron chi connectivity index (χ4n) is 5.89. The number of amides is 1. The summed E-state index contributed by atoms with van der Waals surface area (Å²) >= 11 is 6.60. The molecule has 0 N–H and O–H groups in total. The van der Waals surface area contributed by atoms with Gasteiger partial charge in [-0.25, -0.2) is 0 Å². The Morgan fingerprint density at radius 1 is 0.930 bits per heavy atom. The van der Waals surface area contributed by atoms with E-state index in [4.69, 9.17) is 16.3 Å². The Morgan fingerprint density at radius 3 is 2.19 bits per heavy atom. The van der Waals surface area contributed by atoms with Crippen LogP contribution in [0.25, 0.3) is 0 Å². The van der Waals surface area contributed by atoms with Crippen LogP contribution in [0.2, 0.25) is 5.02 Å². The van der Waals surface area contributed by atoms with E-state index < -0.39 is 0 Å². The molecule has 1 amide bonds. The molecular weight excluding hydrogens is 620 g/mol. The molecule has 238 valence electrons. The molecule has 2 aromatic rings. The second-order valence-electron chi connectivity index (χ2n) is 12.5. The van der Waals surface area contributed by atoms with Gasteiger partial charge >= 0.3 is 0 Å². The zero-order chi connectivity index (χ0) is 30.2. The number of halogens is 2. The number of carbonyl (C=O) groups is 1. The maximum atomic E-state index is 12.7. The van der Waals surface area contributed by atoms with Crippen molar-refractivity contribution in [1.82, 2.24) is 0 Å². The molecule has 1 aliphatic rings. The molecule has 1 atom stereocenters. The van der Waals surface area contributed by atoms with Crippen molar-refractivity contribution in [2.75, 3.05) is 18.1 Å². The van der Waals surface area contributed by atoms with Crippen LogP contribution in [-0.2, 0) is 17.8 Å². The number of unbranched alkanes of at least 4 members (excludes halogenated alkanes) is 11. The van der Waals surface area contributed by atoms with Gasteiger partial charge in [-0.05, 0) is 60.7 Å². The van der Waals surface area contributed by atoms with E-state index in [0.717, 1.165) is 30.6 Å². The van der Waals surface area contributed by atoms with Gasteiger partial charge in [-0.15, -0.1) is 17.0 Å². The third kappa shape index (κ3) is 13.6. The predicted molar refractivity (Wildman–Crippen MR) is 191 cm³/mol. The summed E-state index contributed by atoms with van der Waals surface area (Å²) in [5.41, 5.74) is 4.25. The first-order valence-electron chi connectivity index (χ1n) is 16.3. The number of rotatable bonds is 19. The van der Waals surface area contributed by atoms with Crippen LogP contribution < -0.4 is 9.64 Å². The lowest BCUT2D eigenvalue weighted by Crippen LogP contribution is -2.28. The molecule has 0 radical (unpaired) electrons. The summed E-state index contributed by atoms with van der Waals surface area (Å²) in [7, 11) is 0. The van der Waals surface area contributed by atoms with Crippen LogP contribution in [0, 0.1) is 5.41 Å². The van der Waals surface area contributed by atoms with Gasteiger partial charge in [-0.3, -0.25) is 9.79 Å². The van der Waals surface area contributed by atoms with Crippen molar-refractivity contribution in [1.29, 1.82) is 0 Å². The summed E-state index contributed by atoms with van der Waals surface area (Å²) in [6, 6.07) is 14.2. The molecule has 6 heteroatoms. The number of allylic oxidation sites excluding steroid dienone is 1. The number of hydrogen-bond donors (Lipinski definition) is 0. The molecule has 1 aliphatic heterocycles. The first-order valence-corrected chi connectivity index (χ1v) is 16.6. The van der Waals surface area contributed by atoms with Crippen molar-refractivity contribution in [3.05, 3.63) is 70.3 Å². The number of carbonyl (C=O) groups excluding carboxylic acids is 1. The Kier molecular flexibility index (Phi) is 17.3. The van der Waals surface area contributed by atoms with Gasteiger partial charge in [0, 0.05) is 30.8 Å². The zero-order valence-corrected chi connectivity index (χ0v) is 29.5. The number of ether oxygens (including phenoxy) is 1. The largest absolute Gasteiger partial charge is 0.492 e. The summed E-state index contributed by atoms with van der Waals surface area (Å²) in [5.74, 6) is 0.714. The molecule has 0 aromatic heterocycles. The quantitative estimate of drug-likeness (QED) is 0.139. The van der Waals surface area contributed by atoms with Gasteiger partial charge in [0.2, 0.25) is 5.91 Å². The topological polar surface area (TPSA) is 41.9 Å². The molecule has 3 rings (SSSR count). The van der Waals surface area contributed by atoms with E-state index in [2.05, 4.69) is 44.0 Å². The second kappa shape index (κ2) is 20.0. The molecule has 0 saturated heterocycles. The smallest absolute Gasteiger partial charge is 0.224 e. The highest BCUT2D eigenvalue weighted by molar-refractivity contribution is 8.93. The lowest BCUT2D eigenvalue weighted by molar-refractivity contribution is -0.116. The average Bonchev–Trinajstić information content (AvgIpc) is 2.94. The fourth-order valence-corrected chi connectivity index (χ4v) is 6.15. The molecule has 2 aromatic carbocycles. The van der Waals surface area contributed by atoms with Gasteiger partial charge < -0.3 is 9.64 Å². The standard InChI is InChI=1S/C37H53ClN2O2.BrH/c1-5-6-7-8-9-10-11-12-13-14-15-16-22-42-36-21-20-33(24-35(36)38)28-40(31(3)41)34-19-17-18-32(23-34)26-37(4)25-30(2)27-39-29-37;/h17-21,23-25,27H,5-16,22,26,28-29H2,1-4H3;1H. The van der Waals surface area contributed by atoms with Gasteiger partial charge in [0.25, 0.3) is 0 Å². The van der Waals surface area contributed by atoms with E-state index in [1.54, 1.807) is 6.92 Å². The Labute approximate surface area is 277 Å². The Balaban J connectivity index is 0.00000645. The van der Waals surface area contributed by atoms with Crippen LogP contribution >= 0.6 is 28.6 Å². The van der Waals surface area contributed by atoms with Gasteiger partial charge in [0.15, 0.2) is 0 Å². The van der Waals surface area contributed by atoms with Gasteiger partial charge in [0.05, 0.1) is 18.2 Å². The van der Waals surface area contributed by atoms with Crippen LogP contribution in [0.4, 0.5) is 5.69 Å². The highest BCUT2D eigenvalue weighted by Gasteiger charge is 2.24. The maximum Gasteiger partial charge on any atom is 0.224 e. The molecule has 0 bridgehead atoms. The number of aliphatic imine (C=N–C) groups is 1. The monoisotopic (exact) mass is 672 g/mol. The molecule has 0 saturated carbocycles. The molecular formula is C37H54BrClN2O2. The van der Waals surface area contributed by atoms with Crippen molar-refractivity contribution in [3.63, 3.8) is 0 Å². The molecule has 1 heterocycles. The van der Waals surface area contributed by atoms with E-state index in [-0.39, 0.29) is 28.3 Å². The normalized spacial score (nSPS) is 16.0. The number of dihydropyridines is 1. The van der Waals surface area contributed by atoms with Crippen molar-refractivity contribution in [2.45, 2.75) is 118 Å². The molecule has 0 fully saturated rings. The summed E-state index contributed by atoms with van der Waals surface area (Å²) in [5, 5.41) is 0.594. The molecule has 1 unspecified atom stereocenters. The van der Waals surface area contributed by atoms with E-state index in [9.17, 15) is 4.79 Å². The van der Waals surface area contributed by atoms with Crippen molar-refractivity contribution in [2.24, 2.45) is 10.4 Å². The molecule has 0 spiro atoms. The van der Waals surface area contributed by atoms with Crippen molar-refractivity contribution < 1.29 is 9.53 Å². The minimum atomic E-state index is -0.0187. The predicted octanol–water partition coefficient (Wildman–Crippen LogP) is 11.1. The third-order valence-corrected chi connectivity index (χ3v) is 8.42. The molecule has 43 heavy (non-hydrogen) atoms. The highest BCUT2D eigenvalue weighted by atomic mass is 79.9. The minimum Gasteiger partial charge on any atom is -0.492 e. The van der Waals surface area contributed by atoms with Crippen molar-refractivity contribution >= 4 is 46.4 Å². The summed E-state index contributed by atoms with van der Waals surface area (Å²) < 4.78 is 6.00. The first-order chi connectivity index (χ1) is 20.3. The second-order valence-corrected chi connectivity index (χ2v) is 12.9.